The number of anilines is 1. The van der Waals surface area contributed by atoms with Gasteiger partial charge in [0.2, 0.25) is 0 Å². The van der Waals surface area contributed by atoms with Crippen LogP contribution in [0.3, 0.4) is 0 Å². The minimum atomic E-state index is 0.730. The molecule has 0 aromatic heterocycles. The molecule has 0 spiro atoms. The van der Waals surface area contributed by atoms with Crippen molar-refractivity contribution < 1.29 is 0 Å². The Hall–Kier alpha value is -1.43. The van der Waals surface area contributed by atoms with Crippen LogP contribution < -0.4 is 5.73 Å². The fraction of sp³-hybridized carbons (Fsp3) is 0. The van der Waals surface area contributed by atoms with Gasteiger partial charge in [-0.1, -0.05) is 0 Å². The van der Waals surface area contributed by atoms with Gasteiger partial charge in [-0.05, 0) is 71.1 Å². The Morgan fingerprint density at radius 2 is 1.19 bits per heavy atom. The van der Waals surface area contributed by atoms with E-state index in [0.29, 0.717) is 0 Å². The van der Waals surface area contributed by atoms with Crippen molar-refractivity contribution in [1.29, 1.82) is 0 Å². The van der Waals surface area contributed by atoms with Crippen LogP contribution in [-0.2, 0) is 0 Å². The molecule has 2 aromatic carbocycles. The molecule has 16 heavy (non-hydrogen) atoms. The van der Waals surface area contributed by atoms with E-state index in [0.717, 1.165) is 17.1 Å². The highest BCUT2D eigenvalue weighted by Gasteiger charge is 1.91. The number of rotatable bonds is 2. The summed E-state index contributed by atoms with van der Waals surface area (Å²) in [6.07, 6.45) is 0. The first-order valence-electron chi connectivity index (χ1n) is 4.77. The van der Waals surface area contributed by atoms with Gasteiger partial charge in [0, 0.05) is 9.26 Å². The van der Waals surface area contributed by atoms with Crippen LogP contribution >= 0.6 is 22.6 Å². The summed E-state index contributed by atoms with van der Waals surface area (Å²) < 4.78 is 1.18. The number of benzene rings is 2. The van der Waals surface area contributed by atoms with Gasteiger partial charge >= 0.3 is 0 Å². The topological polar surface area (TPSA) is 50.7 Å². The largest absolute Gasteiger partial charge is 0.399 e. The molecular weight excluding hydrogens is 313 g/mol. The lowest BCUT2D eigenvalue weighted by Gasteiger charge is -1.94. The van der Waals surface area contributed by atoms with E-state index in [-0.39, 0.29) is 0 Å². The second-order valence-corrected chi connectivity index (χ2v) is 4.51. The maximum Gasteiger partial charge on any atom is 0.0858 e. The fourth-order valence-corrected chi connectivity index (χ4v) is 1.52. The molecule has 2 N–H and O–H groups in total. The summed E-state index contributed by atoms with van der Waals surface area (Å²) in [6.45, 7) is 0. The lowest BCUT2D eigenvalue weighted by molar-refractivity contribution is 1.23. The molecular formula is C12H10IN3. The molecule has 0 aliphatic carbocycles. The van der Waals surface area contributed by atoms with Crippen molar-refractivity contribution in [3.63, 3.8) is 0 Å². The molecule has 0 amide bonds. The van der Waals surface area contributed by atoms with Crippen LogP contribution in [0, 0.1) is 3.57 Å². The quantitative estimate of drug-likeness (QED) is 0.500. The highest BCUT2D eigenvalue weighted by Crippen LogP contribution is 2.19. The van der Waals surface area contributed by atoms with Gasteiger partial charge in [0.1, 0.15) is 0 Å². The van der Waals surface area contributed by atoms with Crippen molar-refractivity contribution in [3.05, 3.63) is 52.1 Å². The average Bonchev–Trinajstić information content (AvgIpc) is 2.30. The summed E-state index contributed by atoms with van der Waals surface area (Å²) in [5.41, 5.74) is 7.95. The molecule has 0 aliphatic rings. The summed E-state index contributed by atoms with van der Waals surface area (Å²) >= 11 is 2.25. The van der Waals surface area contributed by atoms with Crippen LogP contribution in [0.15, 0.2) is 58.8 Å². The Kier molecular flexibility index (Phi) is 3.51. The average molecular weight is 323 g/mol. The predicted molar refractivity (Wildman–Crippen MR) is 74.2 cm³/mol. The van der Waals surface area contributed by atoms with Gasteiger partial charge in [-0.3, -0.25) is 0 Å². The molecule has 0 radical (unpaired) electrons. The van der Waals surface area contributed by atoms with Gasteiger partial charge in [-0.25, -0.2) is 0 Å². The second-order valence-electron chi connectivity index (χ2n) is 3.27. The van der Waals surface area contributed by atoms with E-state index in [1.165, 1.54) is 3.57 Å². The minimum absolute atomic E-state index is 0.730. The molecule has 0 bridgehead atoms. The van der Waals surface area contributed by atoms with Crippen molar-refractivity contribution in [2.45, 2.75) is 0 Å². The Balaban J connectivity index is 2.15. The first-order chi connectivity index (χ1) is 7.74. The van der Waals surface area contributed by atoms with E-state index >= 15 is 0 Å². The van der Waals surface area contributed by atoms with E-state index in [2.05, 4.69) is 32.8 Å². The first-order valence-corrected chi connectivity index (χ1v) is 5.85. The van der Waals surface area contributed by atoms with Crippen molar-refractivity contribution in [2.75, 3.05) is 5.73 Å². The van der Waals surface area contributed by atoms with Gasteiger partial charge in [-0.15, -0.1) is 0 Å². The van der Waals surface area contributed by atoms with E-state index in [9.17, 15) is 0 Å². The molecule has 0 atom stereocenters. The fourth-order valence-electron chi connectivity index (χ4n) is 1.16. The maximum absolute atomic E-state index is 5.58. The van der Waals surface area contributed by atoms with Crippen molar-refractivity contribution >= 4 is 39.7 Å². The Labute approximate surface area is 108 Å². The van der Waals surface area contributed by atoms with Crippen molar-refractivity contribution in [3.8, 4) is 0 Å². The summed E-state index contributed by atoms with van der Waals surface area (Å²) in [4.78, 5) is 0. The third-order valence-electron chi connectivity index (χ3n) is 2.00. The van der Waals surface area contributed by atoms with Gasteiger partial charge in [-0.2, -0.15) is 10.2 Å². The van der Waals surface area contributed by atoms with Gasteiger partial charge in [0.15, 0.2) is 0 Å². The molecule has 0 saturated carbocycles. The standard InChI is InChI=1S/C12H10IN3/c13-9-1-5-11(6-2-9)15-16-12-7-3-10(14)4-8-12/h1-8H,14H2/b16-15+. The predicted octanol–water partition coefficient (Wildman–Crippen LogP) is 4.29. The smallest absolute Gasteiger partial charge is 0.0858 e. The molecule has 0 heterocycles. The highest BCUT2D eigenvalue weighted by molar-refractivity contribution is 14.1. The number of hydrogen-bond donors (Lipinski definition) is 1. The summed E-state index contributed by atoms with van der Waals surface area (Å²) in [5, 5.41) is 8.24. The number of nitrogen functional groups attached to an aromatic ring is 1. The van der Waals surface area contributed by atoms with E-state index in [4.69, 9.17) is 5.73 Å². The van der Waals surface area contributed by atoms with E-state index < -0.39 is 0 Å². The van der Waals surface area contributed by atoms with Crippen LogP contribution in [0.1, 0.15) is 0 Å². The van der Waals surface area contributed by atoms with Gasteiger partial charge in [0.05, 0.1) is 11.4 Å². The summed E-state index contributed by atoms with van der Waals surface area (Å²) in [5.74, 6) is 0. The zero-order valence-corrected chi connectivity index (χ0v) is 10.6. The van der Waals surface area contributed by atoms with Crippen molar-refractivity contribution in [2.24, 2.45) is 10.2 Å². The van der Waals surface area contributed by atoms with Gasteiger partial charge in [0.25, 0.3) is 0 Å². The lowest BCUT2D eigenvalue weighted by Crippen LogP contribution is -1.80. The Morgan fingerprint density at radius 1 is 0.750 bits per heavy atom. The molecule has 0 fully saturated rings. The maximum atomic E-state index is 5.58. The zero-order valence-electron chi connectivity index (χ0n) is 8.47. The summed E-state index contributed by atoms with van der Waals surface area (Å²) in [6, 6.07) is 15.2. The molecule has 80 valence electrons. The monoisotopic (exact) mass is 323 g/mol. The molecule has 0 aliphatic heterocycles. The molecule has 3 nitrogen and oxygen atoms in total. The summed E-state index contributed by atoms with van der Waals surface area (Å²) in [7, 11) is 0. The molecule has 4 heteroatoms. The van der Waals surface area contributed by atoms with Crippen LogP contribution in [0.5, 0.6) is 0 Å². The number of nitrogens with zero attached hydrogens (tertiary/aromatic N) is 2. The van der Waals surface area contributed by atoms with Crippen LogP contribution in [0.2, 0.25) is 0 Å². The number of azo groups is 1. The lowest BCUT2D eigenvalue weighted by atomic mass is 10.3. The number of hydrogen-bond acceptors (Lipinski definition) is 3. The second kappa shape index (κ2) is 5.07. The Morgan fingerprint density at radius 3 is 1.69 bits per heavy atom. The number of nitrogens with two attached hydrogens (primary N) is 1. The van der Waals surface area contributed by atoms with Crippen LogP contribution in [-0.4, -0.2) is 0 Å². The molecule has 0 saturated heterocycles. The Bertz CT molecular complexity index is 441. The normalized spacial score (nSPS) is 10.8. The minimum Gasteiger partial charge on any atom is -0.399 e. The third-order valence-corrected chi connectivity index (χ3v) is 2.72. The molecule has 0 unspecified atom stereocenters. The highest BCUT2D eigenvalue weighted by atomic mass is 127. The van der Waals surface area contributed by atoms with Crippen LogP contribution in [0.25, 0.3) is 0 Å². The molecule has 2 aromatic rings. The zero-order chi connectivity index (χ0) is 11.4. The first kappa shape index (κ1) is 11.1. The number of halogens is 1. The van der Waals surface area contributed by atoms with Crippen molar-refractivity contribution in [1.82, 2.24) is 0 Å². The van der Waals surface area contributed by atoms with Crippen LogP contribution in [0.4, 0.5) is 17.1 Å². The van der Waals surface area contributed by atoms with E-state index in [1.54, 1.807) is 0 Å². The third kappa shape index (κ3) is 3.03. The van der Waals surface area contributed by atoms with Gasteiger partial charge < -0.3 is 5.73 Å². The SMILES string of the molecule is Nc1ccc(/N=N/c2ccc(I)cc2)cc1. The molecule has 2 rings (SSSR count). The van der Waals surface area contributed by atoms with E-state index in [1.807, 2.05) is 48.5 Å².